The summed E-state index contributed by atoms with van der Waals surface area (Å²) in [6.07, 6.45) is 2.00. The lowest BCUT2D eigenvalue weighted by Gasteiger charge is -2.24. The molecule has 1 atom stereocenters. The monoisotopic (exact) mass is 359 g/mol. The lowest BCUT2D eigenvalue weighted by Crippen LogP contribution is -2.36. The number of benzene rings is 1. The first-order valence-corrected chi connectivity index (χ1v) is 8.37. The fourth-order valence-electron chi connectivity index (χ4n) is 2.76. The molecule has 1 unspecified atom stereocenters. The van der Waals surface area contributed by atoms with E-state index < -0.39 is 10.5 Å². The Morgan fingerprint density at radius 3 is 2.85 bits per heavy atom. The van der Waals surface area contributed by atoms with Gasteiger partial charge in [-0.15, -0.1) is 0 Å². The third-order valence-corrected chi connectivity index (χ3v) is 3.93. The number of carbonyl (C=O) groups is 1. The van der Waals surface area contributed by atoms with Crippen LogP contribution >= 0.6 is 0 Å². The van der Waals surface area contributed by atoms with Gasteiger partial charge in [-0.05, 0) is 33.3 Å². The highest BCUT2D eigenvalue weighted by molar-refractivity contribution is 5.78. The van der Waals surface area contributed by atoms with Crippen LogP contribution in [0, 0.1) is 10.1 Å². The van der Waals surface area contributed by atoms with Gasteiger partial charge < -0.3 is 15.0 Å². The van der Waals surface area contributed by atoms with Crippen molar-refractivity contribution in [3.05, 3.63) is 34.5 Å². The first-order chi connectivity index (χ1) is 12.2. The Morgan fingerprint density at radius 2 is 2.15 bits per heavy atom. The standard InChI is InChI=1S/C17H21N5O4/c1-17(2,3)26-16(23)21-7-6-11(10-21)19-15-9-18-14-8-12(22(24)25)4-5-13(14)20-15/h4-5,8-9,11H,6-7,10H2,1-3H3,(H,19,20). The molecular weight excluding hydrogens is 338 g/mol. The number of hydrogen-bond acceptors (Lipinski definition) is 7. The Morgan fingerprint density at radius 1 is 1.38 bits per heavy atom. The summed E-state index contributed by atoms with van der Waals surface area (Å²) in [5, 5.41) is 14.1. The van der Waals surface area contributed by atoms with Gasteiger partial charge in [0.1, 0.15) is 11.4 Å². The number of nitrogens with one attached hydrogen (secondary N) is 1. The second-order valence-corrected chi connectivity index (χ2v) is 7.24. The molecule has 138 valence electrons. The maximum absolute atomic E-state index is 12.1. The summed E-state index contributed by atoms with van der Waals surface area (Å²) in [5.74, 6) is 0.572. The maximum atomic E-state index is 12.1. The van der Waals surface area contributed by atoms with E-state index in [1.807, 2.05) is 20.8 Å². The van der Waals surface area contributed by atoms with E-state index in [0.29, 0.717) is 29.9 Å². The van der Waals surface area contributed by atoms with Crippen LogP contribution in [0.2, 0.25) is 0 Å². The Hall–Kier alpha value is -2.97. The van der Waals surface area contributed by atoms with Crippen LogP contribution in [0.1, 0.15) is 27.2 Å². The molecule has 0 aliphatic carbocycles. The van der Waals surface area contributed by atoms with Crippen LogP contribution in [0.3, 0.4) is 0 Å². The van der Waals surface area contributed by atoms with E-state index in [4.69, 9.17) is 4.74 Å². The van der Waals surface area contributed by atoms with E-state index in [-0.39, 0.29) is 17.8 Å². The molecule has 1 fully saturated rings. The minimum Gasteiger partial charge on any atom is -0.444 e. The van der Waals surface area contributed by atoms with Crippen molar-refractivity contribution < 1.29 is 14.5 Å². The van der Waals surface area contributed by atoms with Gasteiger partial charge in [0.15, 0.2) is 0 Å². The number of aromatic nitrogens is 2. The number of ether oxygens (including phenoxy) is 1. The molecule has 1 aromatic carbocycles. The van der Waals surface area contributed by atoms with E-state index in [1.54, 1.807) is 17.2 Å². The molecular formula is C17H21N5O4. The third kappa shape index (κ3) is 4.16. The van der Waals surface area contributed by atoms with Crippen molar-refractivity contribution >= 4 is 28.6 Å². The van der Waals surface area contributed by atoms with Crippen molar-refractivity contribution in [2.24, 2.45) is 0 Å². The third-order valence-electron chi connectivity index (χ3n) is 3.93. The minimum absolute atomic E-state index is 0.0173. The zero-order valence-corrected chi connectivity index (χ0v) is 14.9. The summed E-state index contributed by atoms with van der Waals surface area (Å²) < 4.78 is 5.38. The molecule has 1 saturated heterocycles. The minimum atomic E-state index is -0.519. The van der Waals surface area contributed by atoms with Crippen LogP contribution in [-0.4, -0.2) is 50.6 Å². The second-order valence-electron chi connectivity index (χ2n) is 7.24. The van der Waals surface area contributed by atoms with Gasteiger partial charge in [0.2, 0.25) is 0 Å². The lowest BCUT2D eigenvalue weighted by molar-refractivity contribution is -0.384. The molecule has 2 heterocycles. The topological polar surface area (TPSA) is 110 Å². The molecule has 0 radical (unpaired) electrons. The average molecular weight is 359 g/mol. The van der Waals surface area contributed by atoms with Gasteiger partial charge in [-0.25, -0.2) is 9.78 Å². The molecule has 0 saturated carbocycles. The number of rotatable bonds is 3. The van der Waals surface area contributed by atoms with Gasteiger partial charge in [0.25, 0.3) is 5.69 Å². The van der Waals surface area contributed by atoms with E-state index in [2.05, 4.69) is 15.3 Å². The Kier molecular flexibility index (Phi) is 4.62. The summed E-state index contributed by atoms with van der Waals surface area (Å²) in [7, 11) is 0. The van der Waals surface area contributed by atoms with Gasteiger partial charge in [-0.1, -0.05) is 0 Å². The molecule has 1 aliphatic heterocycles. The average Bonchev–Trinajstić information content (AvgIpc) is 3.01. The van der Waals surface area contributed by atoms with Crippen LogP contribution in [0.15, 0.2) is 24.4 Å². The number of hydrogen-bond donors (Lipinski definition) is 1. The zero-order valence-electron chi connectivity index (χ0n) is 14.9. The molecule has 1 aliphatic rings. The first kappa shape index (κ1) is 17.8. The smallest absolute Gasteiger partial charge is 0.410 e. The number of nitro groups is 1. The number of carbonyl (C=O) groups excluding carboxylic acids is 1. The molecule has 9 heteroatoms. The van der Waals surface area contributed by atoms with Gasteiger partial charge in [0.05, 0.1) is 22.2 Å². The molecule has 1 amide bonds. The molecule has 9 nitrogen and oxygen atoms in total. The SMILES string of the molecule is CC(C)(C)OC(=O)N1CCC(Nc2cnc3cc([N+](=O)[O-])ccc3n2)C1. The number of nitro benzene ring substituents is 1. The van der Waals surface area contributed by atoms with E-state index in [9.17, 15) is 14.9 Å². The van der Waals surface area contributed by atoms with E-state index in [1.165, 1.54) is 12.1 Å². The van der Waals surface area contributed by atoms with Crippen LogP contribution in [0.25, 0.3) is 11.0 Å². The number of nitrogens with zero attached hydrogens (tertiary/aromatic N) is 4. The fourth-order valence-corrected chi connectivity index (χ4v) is 2.76. The van der Waals surface area contributed by atoms with Gasteiger partial charge in [-0.2, -0.15) is 0 Å². The molecule has 0 spiro atoms. The number of likely N-dealkylation sites (tertiary alicyclic amines) is 1. The quantitative estimate of drug-likeness (QED) is 0.662. The predicted octanol–water partition coefficient (Wildman–Crippen LogP) is 2.96. The Labute approximate surface area is 150 Å². The van der Waals surface area contributed by atoms with E-state index >= 15 is 0 Å². The van der Waals surface area contributed by atoms with Crippen LogP contribution < -0.4 is 5.32 Å². The van der Waals surface area contributed by atoms with Gasteiger partial charge in [0, 0.05) is 31.3 Å². The Balaban J connectivity index is 1.65. The van der Waals surface area contributed by atoms with Crippen molar-refractivity contribution in [1.29, 1.82) is 0 Å². The number of non-ortho nitro benzene ring substituents is 1. The van der Waals surface area contributed by atoms with E-state index in [0.717, 1.165) is 6.42 Å². The number of fused-ring (bicyclic) bond motifs is 1. The number of anilines is 1. The predicted molar refractivity (Wildman–Crippen MR) is 96.0 cm³/mol. The van der Waals surface area contributed by atoms with Crippen LogP contribution in [-0.2, 0) is 4.74 Å². The van der Waals surface area contributed by atoms with Crippen molar-refractivity contribution in [3.8, 4) is 0 Å². The normalized spacial score (nSPS) is 17.3. The molecule has 3 rings (SSSR count). The highest BCUT2D eigenvalue weighted by atomic mass is 16.6. The lowest BCUT2D eigenvalue weighted by atomic mass is 10.2. The van der Waals surface area contributed by atoms with Crippen molar-refractivity contribution in [3.63, 3.8) is 0 Å². The summed E-state index contributed by atoms with van der Waals surface area (Å²) in [6.45, 7) is 6.65. The van der Waals surface area contributed by atoms with Crippen molar-refractivity contribution in [1.82, 2.24) is 14.9 Å². The summed E-state index contributed by atoms with van der Waals surface area (Å²) >= 11 is 0. The summed E-state index contributed by atoms with van der Waals surface area (Å²) in [4.78, 5) is 32.8. The molecule has 1 aromatic heterocycles. The van der Waals surface area contributed by atoms with Gasteiger partial charge >= 0.3 is 6.09 Å². The highest BCUT2D eigenvalue weighted by Crippen LogP contribution is 2.21. The van der Waals surface area contributed by atoms with Crippen molar-refractivity contribution in [2.75, 3.05) is 18.4 Å². The molecule has 0 bridgehead atoms. The maximum Gasteiger partial charge on any atom is 0.410 e. The van der Waals surface area contributed by atoms with Crippen LogP contribution in [0.5, 0.6) is 0 Å². The zero-order chi connectivity index (χ0) is 18.9. The van der Waals surface area contributed by atoms with Gasteiger partial charge in [-0.3, -0.25) is 15.1 Å². The molecule has 1 N–H and O–H groups in total. The molecule has 2 aromatic rings. The fraction of sp³-hybridized carbons (Fsp3) is 0.471. The molecule has 26 heavy (non-hydrogen) atoms. The summed E-state index contributed by atoms with van der Waals surface area (Å²) in [6, 6.07) is 4.42. The first-order valence-electron chi connectivity index (χ1n) is 8.37. The largest absolute Gasteiger partial charge is 0.444 e. The Bertz CT molecular complexity index is 849. The van der Waals surface area contributed by atoms with Crippen molar-refractivity contribution in [2.45, 2.75) is 38.8 Å². The summed E-state index contributed by atoms with van der Waals surface area (Å²) in [5.41, 5.74) is 0.500. The van der Waals surface area contributed by atoms with Crippen LogP contribution in [0.4, 0.5) is 16.3 Å². The number of amides is 1. The second kappa shape index (κ2) is 6.74. The highest BCUT2D eigenvalue weighted by Gasteiger charge is 2.29.